The first-order valence-electron chi connectivity index (χ1n) is 11.1. The van der Waals surface area contributed by atoms with Crippen LogP contribution in [0.4, 0.5) is 14.5 Å². The molecular formula is C27H24F2N2O4. The molecule has 1 saturated heterocycles. The molecule has 0 radical (unpaired) electrons. The van der Waals surface area contributed by atoms with E-state index in [0.29, 0.717) is 35.5 Å². The Morgan fingerprint density at radius 2 is 1.91 bits per heavy atom. The highest BCUT2D eigenvalue weighted by molar-refractivity contribution is 6.51. The number of ether oxygens (including phenoxy) is 1. The number of ketones is 1. The van der Waals surface area contributed by atoms with Crippen molar-refractivity contribution in [3.63, 3.8) is 0 Å². The third-order valence-electron chi connectivity index (χ3n) is 5.63. The number of carbonyl (C=O) groups excluding carboxylic acids is 2. The fraction of sp³-hybridized carbons (Fsp3) is 0.222. The van der Waals surface area contributed by atoms with Crippen molar-refractivity contribution in [1.29, 1.82) is 0 Å². The zero-order chi connectivity index (χ0) is 25.3. The lowest BCUT2D eigenvalue weighted by Gasteiger charge is -2.25. The molecule has 6 nitrogen and oxygen atoms in total. The van der Waals surface area contributed by atoms with Crippen molar-refractivity contribution >= 4 is 23.1 Å². The molecule has 1 N–H and O–H groups in total. The topological polar surface area (TPSA) is 79.7 Å². The van der Waals surface area contributed by atoms with Crippen molar-refractivity contribution in [1.82, 2.24) is 4.98 Å². The van der Waals surface area contributed by atoms with Gasteiger partial charge in [0.05, 0.1) is 23.9 Å². The number of rotatable bonds is 6. The molecule has 2 heterocycles. The molecule has 1 atom stereocenters. The fourth-order valence-electron chi connectivity index (χ4n) is 3.98. The third-order valence-corrected chi connectivity index (χ3v) is 5.63. The van der Waals surface area contributed by atoms with Crippen LogP contribution in [-0.2, 0) is 9.59 Å². The Balaban J connectivity index is 1.85. The minimum Gasteiger partial charge on any atom is -0.507 e. The van der Waals surface area contributed by atoms with E-state index >= 15 is 0 Å². The number of benzene rings is 2. The highest BCUT2D eigenvalue weighted by Gasteiger charge is 2.47. The van der Waals surface area contributed by atoms with Gasteiger partial charge in [-0.3, -0.25) is 19.5 Å². The Kier molecular flexibility index (Phi) is 6.64. The number of nitrogens with zero attached hydrogens (tertiary/aromatic N) is 2. The van der Waals surface area contributed by atoms with Crippen molar-refractivity contribution in [2.45, 2.75) is 26.8 Å². The second-order valence-corrected chi connectivity index (χ2v) is 8.74. The van der Waals surface area contributed by atoms with Crippen LogP contribution in [0.1, 0.15) is 36.6 Å². The smallest absolute Gasteiger partial charge is 0.300 e. The molecule has 1 amide bonds. The van der Waals surface area contributed by atoms with Crippen LogP contribution in [0.5, 0.6) is 5.75 Å². The van der Waals surface area contributed by atoms with Crippen LogP contribution in [0, 0.1) is 24.5 Å². The van der Waals surface area contributed by atoms with Gasteiger partial charge >= 0.3 is 0 Å². The van der Waals surface area contributed by atoms with Gasteiger partial charge < -0.3 is 9.84 Å². The van der Waals surface area contributed by atoms with Gasteiger partial charge in [-0.1, -0.05) is 19.9 Å². The van der Waals surface area contributed by atoms with E-state index in [2.05, 4.69) is 4.98 Å². The quantitative estimate of drug-likeness (QED) is 0.294. The Morgan fingerprint density at radius 3 is 2.54 bits per heavy atom. The highest BCUT2D eigenvalue weighted by atomic mass is 19.1. The van der Waals surface area contributed by atoms with E-state index in [4.69, 9.17) is 4.74 Å². The molecule has 4 rings (SSSR count). The van der Waals surface area contributed by atoms with E-state index in [9.17, 15) is 23.5 Å². The summed E-state index contributed by atoms with van der Waals surface area (Å²) in [6, 6.07) is 9.68. The van der Waals surface area contributed by atoms with Crippen LogP contribution in [-0.4, -0.2) is 28.4 Å². The Hall–Kier alpha value is -4.07. The minimum absolute atomic E-state index is 0.220. The molecule has 0 saturated carbocycles. The number of hydrogen-bond acceptors (Lipinski definition) is 5. The van der Waals surface area contributed by atoms with Gasteiger partial charge in [0.2, 0.25) is 0 Å². The first kappa shape index (κ1) is 24.1. The van der Waals surface area contributed by atoms with Crippen LogP contribution in [0.3, 0.4) is 0 Å². The maximum atomic E-state index is 14.7. The first-order valence-corrected chi connectivity index (χ1v) is 11.1. The average molecular weight is 478 g/mol. The summed E-state index contributed by atoms with van der Waals surface area (Å²) < 4.78 is 34.0. The summed E-state index contributed by atoms with van der Waals surface area (Å²) in [5.74, 6) is -3.32. The summed E-state index contributed by atoms with van der Waals surface area (Å²) in [4.78, 5) is 31.2. The van der Waals surface area contributed by atoms with Crippen molar-refractivity contribution < 1.29 is 28.2 Å². The van der Waals surface area contributed by atoms with Crippen molar-refractivity contribution in [3.8, 4) is 5.75 Å². The number of aliphatic hydroxyl groups is 1. The van der Waals surface area contributed by atoms with Gasteiger partial charge in [-0.05, 0) is 60.4 Å². The predicted molar refractivity (Wildman–Crippen MR) is 127 cm³/mol. The second kappa shape index (κ2) is 9.66. The third kappa shape index (κ3) is 4.64. The molecule has 0 bridgehead atoms. The predicted octanol–water partition coefficient (Wildman–Crippen LogP) is 5.33. The van der Waals surface area contributed by atoms with E-state index in [1.807, 2.05) is 13.8 Å². The standard InChI is InChI=1S/C27H24F2N2O4/c1-15(2)14-35-22-9-6-17(11-16(22)3)25(32)23-24(18-5-4-10-30-13-18)31(27(34)26(23)33)21-8-7-19(28)12-20(21)29/h4-13,15,24,32H,14H2,1-3H3/b25-23+. The maximum Gasteiger partial charge on any atom is 0.300 e. The zero-order valence-electron chi connectivity index (χ0n) is 19.5. The Bertz CT molecular complexity index is 1320. The number of halogens is 2. The molecule has 1 aliphatic rings. The second-order valence-electron chi connectivity index (χ2n) is 8.74. The SMILES string of the molecule is Cc1cc(/C(O)=C2\C(=O)C(=O)N(c3ccc(F)cc3F)C2c2cccnc2)ccc1OCC(C)C. The van der Waals surface area contributed by atoms with Gasteiger partial charge in [0, 0.05) is 24.0 Å². The first-order chi connectivity index (χ1) is 16.7. The number of Topliss-reactive ketones (excluding diaryl/α,β-unsaturated/α-hetero) is 1. The number of hydrogen-bond donors (Lipinski definition) is 1. The highest BCUT2D eigenvalue weighted by Crippen LogP contribution is 2.43. The van der Waals surface area contributed by atoms with Gasteiger partial charge in [0.15, 0.2) is 0 Å². The van der Waals surface area contributed by atoms with Gasteiger partial charge in [0.1, 0.15) is 23.1 Å². The summed E-state index contributed by atoms with van der Waals surface area (Å²) in [5, 5.41) is 11.2. The van der Waals surface area contributed by atoms with E-state index in [0.717, 1.165) is 22.6 Å². The summed E-state index contributed by atoms with van der Waals surface area (Å²) in [6.45, 7) is 6.37. The van der Waals surface area contributed by atoms with Crippen molar-refractivity contribution in [3.05, 3.63) is 94.8 Å². The van der Waals surface area contributed by atoms with Gasteiger partial charge in [-0.2, -0.15) is 0 Å². The number of anilines is 1. The molecule has 180 valence electrons. The van der Waals surface area contributed by atoms with Crippen LogP contribution in [0.25, 0.3) is 5.76 Å². The Morgan fingerprint density at radius 1 is 1.14 bits per heavy atom. The van der Waals surface area contributed by atoms with Gasteiger partial charge in [-0.25, -0.2) is 8.78 Å². The normalized spacial score (nSPS) is 17.3. The number of aromatic nitrogens is 1. The molecule has 1 aliphatic heterocycles. The van der Waals surface area contributed by atoms with Crippen LogP contribution in [0.15, 0.2) is 66.5 Å². The van der Waals surface area contributed by atoms with Crippen LogP contribution in [0.2, 0.25) is 0 Å². The monoisotopic (exact) mass is 478 g/mol. The number of aliphatic hydroxyl groups excluding tert-OH is 1. The average Bonchev–Trinajstić information content (AvgIpc) is 3.08. The number of carbonyl (C=O) groups is 2. The van der Waals surface area contributed by atoms with E-state index < -0.39 is 35.1 Å². The summed E-state index contributed by atoms with van der Waals surface area (Å²) in [6.07, 6.45) is 2.93. The number of pyridine rings is 1. The molecular weight excluding hydrogens is 454 g/mol. The molecule has 1 unspecified atom stereocenters. The van der Waals surface area contributed by atoms with Crippen LogP contribution < -0.4 is 9.64 Å². The van der Waals surface area contributed by atoms with Gasteiger partial charge in [-0.15, -0.1) is 0 Å². The molecule has 0 spiro atoms. The molecule has 1 fully saturated rings. The van der Waals surface area contributed by atoms with Crippen molar-refractivity contribution in [2.24, 2.45) is 5.92 Å². The van der Waals surface area contributed by atoms with E-state index in [1.54, 1.807) is 37.3 Å². The lowest BCUT2D eigenvalue weighted by Crippen LogP contribution is -2.30. The largest absolute Gasteiger partial charge is 0.507 e. The molecule has 35 heavy (non-hydrogen) atoms. The molecule has 0 aliphatic carbocycles. The van der Waals surface area contributed by atoms with Crippen molar-refractivity contribution in [2.75, 3.05) is 11.5 Å². The minimum atomic E-state index is -1.17. The lowest BCUT2D eigenvalue weighted by atomic mass is 9.95. The maximum absolute atomic E-state index is 14.7. The van der Waals surface area contributed by atoms with Crippen LogP contribution >= 0.6 is 0 Å². The summed E-state index contributed by atoms with van der Waals surface area (Å²) in [5.41, 5.74) is 0.903. The van der Waals surface area contributed by atoms with E-state index in [-0.39, 0.29) is 11.3 Å². The lowest BCUT2D eigenvalue weighted by molar-refractivity contribution is -0.132. The summed E-state index contributed by atoms with van der Waals surface area (Å²) in [7, 11) is 0. The molecule has 3 aromatic rings. The molecule has 8 heteroatoms. The molecule has 2 aromatic carbocycles. The number of aryl methyl sites for hydroxylation is 1. The van der Waals surface area contributed by atoms with Gasteiger partial charge in [0.25, 0.3) is 11.7 Å². The van der Waals surface area contributed by atoms with E-state index in [1.165, 1.54) is 12.4 Å². The zero-order valence-corrected chi connectivity index (χ0v) is 19.5. The number of amides is 1. The fourth-order valence-corrected chi connectivity index (χ4v) is 3.98. The Labute approximate surface area is 201 Å². The molecule has 1 aromatic heterocycles. The summed E-state index contributed by atoms with van der Waals surface area (Å²) >= 11 is 0.